The fraction of sp³-hybridized carbons (Fsp3) is 0.500. The Morgan fingerprint density at radius 1 is 1.05 bits per heavy atom. The summed E-state index contributed by atoms with van der Waals surface area (Å²) in [5.74, 6) is 1.65. The molecule has 0 radical (unpaired) electrons. The highest BCUT2D eigenvalue weighted by atomic mass is 16.7. The summed E-state index contributed by atoms with van der Waals surface area (Å²) < 4.78 is 11.9. The van der Waals surface area contributed by atoms with E-state index in [0.29, 0.717) is 5.92 Å². The Balaban J connectivity index is 1.48. The predicted molar refractivity (Wildman–Crippen MR) is 70.5 cm³/mol. The molecule has 2 aliphatic carbocycles. The van der Waals surface area contributed by atoms with E-state index < -0.39 is 0 Å². The van der Waals surface area contributed by atoms with E-state index in [2.05, 4.69) is 12.2 Å². The predicted octanol–water partition coefficient (Wildman–Crippen LogP) is 3.02. The van der Waals surface area contributed by atoms with Crippen molar-refractivity contribution in [2.45, 2.75) is 19.1 Å². The first-order valence-electron chi connectivity index (χ1n) is 6.96. The molecule has 4 rings (SSSR count). The molecule has 1 heterocycles. The zero-order valence-electron chi connectivity index (χ0n) is 10.8. The topological polar surface area (TPSA) is 38.7 Å². The summed E-state index contributed by atoms with van der Waals surface area (Å²) in [4.78, 5) is 0. The van der Waals surface area contributed by atoms with Crippen molar-refractivity contribution in [3.8, 4) is 5.75 Å². The third-order valence-electron chi connectivity index (χ3n) is 4.84. The molecule has 2 bridgehead atoms. The van der Waals surface area contributed by atoms with Crippen molar-refractivity contribution in [2.75, 3.05) is 13.2 Å². The molecule has 1 aromatic rings. The zero-order valence-corrected chi connectivity index (χ0v) is 10.8. The SMILES string of the molecule is Oc1ccc(C2OCC3(CO2)C[C@@H]2C=C[C@H]3C2)cc1. The van der Waals surface area contributed by atoms with Crippen LogP contribution in [0.4, 0.5) is 0 Å². The molecule has 1 spiro atoms. The van der Waals surface area contributed by atoms with Crippen molar-refractivity contribution < 1.29 is 14.6 Å². The van der Waals surface area contributed by atoms with Crippen molar-refractivity contribution in [3.63, 3.8) is 0 Å². The number of fused-ring (bicyclic) bond motifs is 3. The first-order chi connectivity index (χ1) is 9.25. The second-order valence-electron chi connectivity index (χ2n) is 6.10. The highest BCUT2D eigenvalue weighted by Gasteiger charge is 2.51. The number of phenolic OH excluding ortho intramolecular Hbond substituents is 1. The third-order valence-corrected chi connectivity index (χ3v) is 4.84. The first kappa shape index (κ1) is 11.5. The molecular weight excluding hydrogens is 240 g/mol. The number of hydrogen-bond acceptors (Lipinski definition) is 3. The summed E-state index contributed by atoms with van der Waals surface area (Å²) in [5.41, 5.74) is 1.19. The molecule has 3 aliphatic rings. The summed E-state index contributed by atoms with van der Waals surface area (Å²) in [5, 5.41) is 9.30. The Morgan fingerprint density at radius 3 is 2.37 bits per heavy atom. The molecular formula is C16H18O3. The second-order valence-corrected chi connectivity index (χ2v) is 6.10. The van der Waals surface area contributed by atoms with E-state index in [1.54, 1.807) is 12.1 Å². The number of benzene rings is 1. The number of rotatable bonds is 1. The van der Waals surface area contributed by atoms with E-state index in [1.807, 2.05) is 12.1 Å². The van der Waals surface area contributed by atoms with Crippen LogP contribution in [0, 0.1) is 17.3 Å². The minimum Gasteiger partial charge on any atom is -0.508 e. The summed E-state index contributed by atoms with van der Waals surface area (Å²) in [7, 11) is 0. The van der Waals surface area contributed by atoms with Crippen LogP contribution in [0.5, 0.6) is 5.75 Å². The van der Waals surface area contributed by atoms with Gasteiger partial charge in [0.05, 0.1) is 13.2 Å². The van der Waals surface area contributed by atoms with E-state index in [1.165, 1.54) is 12.8 Å². The zero-order chi connectivity index (χ0) is 12.9. The highest BCUT2D eigenvalue weighted by molar-refractivity contribution is 5.27. The van der Waals surface area contributed by atoms with Crippen LogP contribution in [0.1, 0.15) is 24.7 Å². The van der Waals surface area contributed by atoms with Gasteiger partial charge in [-0.2, -0.15) is 0 Å². The number of allylic oxidation sites excluding steroid dienone is 2. The maximum atomic E-state index is 9.30. The Bertz CT molecular complexity index is 497. The van der Waals surface area contributed by atoms with Gasteiger partial charge in [-0.1, -0.05) is 24.3 Å². The molecule has 1 N–H and O–H groups in total. The molecule has 19 heavy (non-hydrogen) atoms. The van der Waals surface area contributed by atoms with Gasteiger partial charge in [-0.15, -0.1) is 0 Å². The van der Waals surface area contributed by atoms with Gasteiger partial charge in [0.1, 0.15) is 5.75 Å². The fourth-order valence-electron chi connectivity index (χ4n) is 3.78. The lowest BCUT2D eigenvalue weighted by atomic mass is 9.76. The molecule has 100 valence electrons. The van der Waals surface area contributed by atoms with Crippen molar-refractivity contribution in [3.05, 3.63) is 42.0 Å². The molecule has 1 saturated carbocycles. The van der Waals surface area contributed by atoms with E-state index in [9.17, 15) is 5.11 Å². The Hall–Kier alpha value is -1.32. The Morgan fingerprint density at radius 2 is 1.79 bits per heavy atom. The summed E-state index contributed by atoms with van der Waals surface area (Å²) >= 11 is 0. The molecule has 2 atom stereocenters. The summed E-state index contributed by atoms with van der Waals surface area (Å²) in [6.45, 7) is 1.56. The fourth-order valence-corrected chi connectivity index (χ4v) is 3.78. The van der Waals surface area contributed by atoms with Gasteiger partial charge < -0.3 is 14.6 Å². The van der Waals surface area contributed by atoms with Crippen LogP contribution >= 0.6 is 0 Å². The minimum absolute atomic E-state index is 0.215. The Kier molecular flexibility index (Phi) is 2.47. The van der Waals surface area contributed by atoms with Crippen LogP contribution in [-0.2, 0) is 9.47 Å². The van der Waals surface area contributed by atoms with Gasteiger partial charge in [-0.25, -0.2) is 0 Å². The molecule has 1 saturated heterocycles. The monoisotopic (exact) mass is 258 g/mol. The molecule has 1 aliphatic heterocycles. The normalized spacial score (nSPS) is 40.1. The van der Waals surface area contributed by atoms with Gasteiger partial charge in [0.25, 0.3) is 0 Å². The molecule has 2 fully saturated rings. The third kappa shape index (κ3) is 1.80. The van der Waals surface area contributed by atoms with Crippen LogP contribution in [0.15, 0.2) is 36.4 Å². The van der Waals surface area contributed by atoms with Crippen LogP contribution in [0.3, 0.4) is 0 Å². The van der Waals surface area contributed by atoms with Gasteiger partial charge in [0.2, 0.25) is 0 Å². The standard InChI is InChI=1S/C16H18O3/c17-14-5-2-12(3-6-14)15-18-9-16(10-19-15)8-11-1-4-13(16)7-11/h1-6,11,13,15,17H,7-10H2/t11-,13+,15?,16?/m1/s1. The van der Waals surface area contributed by atoms with Gasteiger partial charge in [0.15, 0.2) is 6.29 Å². The van der Waals surface area contributed by atoms with E-state index in [-0.39, 0.29) is 17.5 Å². The molecule has 1 aromatic carbocycles. The highest BCUT2D eigenvalue weighted by Crippen LogP contribution is 2.54. The van der Waals surface area contributed by atoms with Crippen molar-refractivity contribution in [1.82, 2.24) is 0 Å². The maximum Gasteiger partial charge on any atom is 0.183 e. The van der Waals surface area contributed by atoms with E-state index >= 15 is 0 Å². The minimum atomic E-state index is -0.283. The summed E-state index contributed by atoms with van der Waals surface area (Å²) in [6, 6.07) is 7.07. The lowest BCUT2D eigenvalue weighted by molar-refractivity contribution is -0.239. The largest absolute Gasteiger partial charge is 0.508 e. The van der Waals surface area contributed by atoms with Gasteiger partial charge in [-0.05, 0) is 36.8 Å². The quantitative estimate of drug-likeness (QED) is 0.787. The van der Waals surface area contributed by atoms with Crippen LogP contribution < -0.4 is 0 Å². The average Bonchev–Trinajstić information content (AvgIpc) is 3.02. The van der Waals surface area contributed by atoms with E-state index in [0.717, 1.165) is 24.7 Å². The number of phenols is 1. The van der Waals surface area contributed by atoms with Crippen LogP contribution in [-0.4, -0.2) is 18.3 Å². The number of ether oxygens (including phenoxy) is 2. The Labute approximate surface area is 112 Å². The molecule has 0 unspecified atom stereocenters. The summed E-state index contributed by atoms with van der Waals surface area (Å²) in [6.07, 6.45) is 6.89. The lowest BCUT2D eigenvalue weighted by Crippen LogP contribution is -2.41. The maximum absolute atomic E-state index is 9.30. The average molecular weight is 258 g/mol. The molecule has 3 nitrogen and oxygen atoms in total. The molecule has 0 aromatic heterocycles. The van der Waals surface area contributed by atoms with Crippen LogP contribution in [0.2, 0.25) is 0 Å². The van der Waals surface area contributed by atoms with Crippen LogP contribution in [0.25, 0.3) is 0 Å². The molecule has 0 amide bonds. The lowest BCUT2D eigenvalue weighted by Gasteiger charge is -2.41. The van der Waals surface area contributed by atoms with Gasteiger partial charge >= 0.3 is 0 Å². The van der Waals surface area contributed by atoms with Crippen molar-refractivity contribution in [1.29, 1.82) is 0 Å². The number of aromatic hydroxyl groups is 1. The smallest absolute Gasteiger partial charge is 0.183 e. The van der Waals surface area contributed by atoms with Gasteiger partial charge in [0, 0.05) is 11.0 Å². The first-order valence-corrected chi connectivity index (χ1v) is 6.96. The van der Waals surface area contributed by atoms with Gasteiger partial charge in [-0.3, -0.25) is 0 Å². The van der Waals surface area contributed by atoms with E-state index in [4.69, 9.17) is 9.47 Å². The number of hydrogen-bond donors (Lipinski definition) is 1. The van der Waals surface area contributed by atoms with Crippen molar-refractivity contribution >= 4 is 0 Å². The second kappa shape index (κ2) is 4.09. The molecule has 3 heteroatoms. The van der Waals surface area contributed by atoms with Crippen molar-refractivity contribution in [2.24, 2.45) is 17.3 Å².